The Morgan fingerprint density at radius 3 is 2.50 bits per heavy atom. The molecule has 0 aliphatic carbocycles. The molecule has 0 aliphatic rings. The van der Waals surface area contributed by atoms with Crippen LogP contribution < -0.4 is 10.2 Å². The third kappa shape index (κ3) is 1.90. The van der Waals surface area contributed by atoms with Crippen molar-refractivity contribution in [3.63, 3.8) is 0 Å². The van der Waals surface area contributed by atoms with Gasteiger partial charge in [-0.2, -0.15) is 0 Å². The smallest absolute Gasteiger partial charge is 0.197 e. The van der Waals surface area contributed by atoms with Gasteiger partial charge in [-0.05, 0) is 18.2 Å². The molecule has 0 heterocycles. The van der Waals surface area contributed by atoms with Crippen molar-refractivity contribution in [3.05, 3.63) is 38.5 Å². The van der Waals surface area contributed by atoms with Crippen molar-refractivity contribution in [2.45, 2.75) is 0 Å². The minimum atomic E-state index is -0.276. The number of rotatable bonds is 1. The molecule has 1 aromatic carbocycles. The number of methoxy groups -OCH3 is 1. The Labute approximate surface area is 79.7 Å². The quantitative estimate of drug-likeness (QED) is 0.703. The van der Waals surface area contributed by atoms with E-state index in [1.165, 1.54) is 25.3 Å². The van der Waals surface area contributed by atoms with E-state index in [1.54, 1.807) is 0 Å². The van der Waals surface area contributed by atoms with Crippen LogP contribution in [0.2, 0.25) is 10.0 Å². The molecule has 0 radical (unpaired) electrons. The highest BCUT2D eigenvalue weighted by atomic mass is 35.5. The lowest BCUT2D eigenvalue weighted by molar-refractivity contribution is 0.415. The summed E-state index contributed by atoms with van der Waals surface area (Å²) in [6.07, 6.45) is 0. The maximum Gasteiger partial charge on any atom is 0.197 e. The zero-order chi connectivity index (χ0) is 9.14. The van der Waals surface area contributed by atoms with E-state index in [1.807, 2.05) is 0 Å². The first-order valence-electron chi connectivity index (χ1n) is 3.18. The Balaban J connectivity index is 3.44. The van der Waals surface area contributed by atoms with Gasteiger partial charge in [0.05, 0.1) is 17.2 Å². The predicted molar refractivity (Wildman–Crippen MR) is 49.3 cm³/mol. The van der Waals surface area contributed by atoms with E-state index in [9.17, 15) is 4.79 Å². The van der Waals surface area contributed by atoms with Crippen LogP contribution in [0, 0.1) is 0 Å². The summed E-state index contributed by atoms with van der Waals surface area (Å²) in [5, 5.41) is 0.410. The van der Waals surface area contributed by atoms with Gasteiger partial charge in [-0.1, -0.05) is 23.2 Å². The van der Waals surface area contributed by atoms with Gasteiger partial charge in [0.25, 0.3) is 0 Å². The summed E-state index contributed by atoms with van der Waals surface area (Å²) in [6.45, 7) is 0. The number of hydrogen-bond acceptors (Lipinski definition) is 2. The molecule has 0 bridgehead atoms. The summed E-state index contributed by atoms with van der Waals surface area (Å²) in [7, 11) is 1.47. The van der Waals surface area contributed by atoms with Crippen LogP contribution in [-0.2, 0) is 0 Å². The van der Waals surface area contributed by atoms with Crippen molar-refractivity contribution in [1.29, 1.82) is 0 Å². The van der Waals surface area contributed by atoms with E-state index >= 15 is 0 Å². The summed E-state index contributed by atoms with van der Waals surface area (Å²) < 4.78 is 4.89. The minimum Gasteiger partial charge on any atom is -0.495 e. The number of hydrogen-bond donors (Lipinski definition) is 0. The van der Waals surface area contributed by atoms with Crippen molar-refractivity contribution in [1.82, 2.24) is 0 Å². The van der Waals surface area contributed by atoms with Crippen LogP contribution in [-0.4, -0.2) is 7.11 Å². The van der Waals surface area contributed by atoms with E-state index in [4.69, 9.17) is 27.9 Å². The van der Waals surface area contributed by atoms with Crippen LogP contribution in [0.5, 0.6) is 5.75 Å². The lowest BCUT2D eigenvalue weighted by Crippen LogP contribution is -1.92. The topological polar surface area (TPSA) is 26.3 Å². The maximum absolute atomic E-state index is 11.0. The molecule has 0 aromatic heterocycles. The Morgan fingerprint density at radius 2 is 1.92 bits per heavy atom. The Bertz CT molecular complexity index is 350. The molecule has 1 aromatic rings. The molecule has 64 valence electrons. The molecule has 2 nitrogen and oxygen atoms in total. The molecular weight excluding hydrogens is 199 g/mol. The summed E-state index contributed by atoms with van der Waals surface area (Å²) in [5.41, 5.74) is -0.276. The zero-order valence-electron chi connectivity index (χ0n) is 6.30. The normalized spacial score (nSPS) is 9.58. The van der Waals surface area contributed by atoms with E-state index in [0.717, 1.165) is 0 Å². The average molecular weight is 205 g/mol. The summed E-state index contributed by atoms with van der Waals surface area (Å²) in [5.74, 6) is 0.431. The van der Waals surface area contributed by atoms with E-state index < -0.39 is 0 Å². The molecule has 0 unspecified atom stereocenters. The highest BCUT2D eigenvalue weighted by Gasteiger charge is 2.00. The molecule has 4 heteroatoms. The van der Waals surface area contributed by atoms with Gasteiger partial charge < -0.3 is 4.74 Å². The maximum atomic E-state index is 11.0. The first-order valence-corrected chi connectivity index (χ1v) is 3.94. The van der Waals surface area contributed by atoms with E-state index in [-0.39, 0.29) is 10.5 Å². The molecule has 0 N–H and O–H groups in total. The van der Waals surface area contributed by atoms with Gasteiger partial charge in [-0.15, -0.1) is 0 Å². The van der Waals surface area contributed by atoms with Crippen LogP contribution >= 0.6 is 23.2 Å². The van der Waals surface area contributed by atoms with Gasteiger partial charge in [0, 0.05) is 0 Å². The molecule has 0 atom stereocenters. The molecule has 12 heavy (non-hydrogen) atoms. The average Bonchev–Trinajstić information content (AvgIpc) is 2.14. The fraction of sp³-hybridized carbons (Fsp3) is 0.125. The number of halogens is 2. The fourth-order valence-electron chi connectivity index (χ4n) is 0.730. The van der Waals surface area contributed by atoms with Crippen molar-refractivity contribution in [2.24, 2.45) is 0 Å². The standard InChI is InChI=1S/C8H6Cl2O2/c1-12-8-3-2-7(11)5(9)4-6(8)10/h2-4H,1H3. The SMILES string of the molecule is COc1ccc(=O)c(Cl)cc1Cl. The molecule has 0 aliphatic heterocycles. The highest BCUT2D eigenvalue weighted by molar-refractivity contribution is 6.35. The van der Waals surface area contributed by atoms with E-state index in [2.05, 4.69) is 0 Å². The second-order valence-corrected chi connectivity index (χ2v) is 2.92. The van der Waals surface area contributed by atoms with Crippen molar-refractivity contribution in [3.8, 4) is 5.75 Å². The van der Waals surface area contributed by atoms with Gasteiger partial charge in [0.1, 0.15) is 5.75 Å². The van der Waals surface area contributed by atoms with Crippen LogP contribution in [0.1, 0.15) is 0 Å². The second-order valence-electron chi connectivity index (χ2n) is 2.11. The first-order chi connectivity index (χ1) is 5.65. The van der Waals surface area contributed by atoms with E-state index in [0.29, 0.717) is 10.8 Å². The lowest BCUT2D eigenvalue weighted by Gasteiger charge is -1.95. The lowest BCUT2D eigenvalue weighted by atomic mass is 10.5. The monoisotopic (exact) mass is 204 g/mol. The fourth-order valence-corrected chi connectivity index (χ4v) is 1.21. The van der Waals surface area contributed by atoms with Crippen LogP contribution in [0.3, 0.4) is 0 Å². The van der Waals surface area contributed by atoms with Gasteiger partial charge >= 0.3 is 0 Å². The van der Waals surface area contributed by atoms with Crippen molar-refractivity contribution >= 4 is 23.2 Å². The van der Waals surface area contributed by atoms with Crippen LogP contribution in [0.25, 0.3) is 0 Å². The zero-order valence-corrected chi connectivity index (χ0v) is 7.82. The molecule has 1 rings (SSSR count). The summed E-state index contributed by atoms with van der Waals surface area (Å²) in [4.78, 5) is 11.0. The molecule has 0 amide bonds. The minimum absolute atomic E-state index is 0.0864. The third-order valence-corrected chi connectivity index (χ3v) is 1.92. The number of ether oxygens (including phenoxy) is 1. The van der Waals surface area contributed by atoms with Gasteiger partial charge in [-0.25, -0.2) is 0 Å². The van der Waals surface area contributed by atoms with Crippen molar-refractivity contribution in [2.75, 3.05) is 7.11 Å². The Morgan fingerprint density at radius 1 is 1.25 bits per heavy atom. The van der Waals surface area contributed by atoms with Gasteiger partial charge in [0.15, 0.2) is 5.43 Å². The summed E-state index contributed by atoms with van der Waals surface area (Å²) >= 11 is 11.3. The van der Waals surface area contributed by atoms with Crippen LogP contribution in [0.15, 0.2) is 23.0 Å². The van der Waals surface area contributed by atoms with Gasteiger partial charge in [0.2, 0.25) is 0 Å². The second kappa shape index (κ2) is 3.78. The predicted octanol–water partition coefficient (Wildman–Crippen LogP) is 2.36. The Hall–Kier alpha value is -0.730. The Kier molecular flexibility index (Phi) is 2.95. The molecule has 0 fully saturated rings. The molecule has 0 spiro atoms. The molecule has 0 saturated carbocycles. The van der Waals surface area contributed by atoms with Crippen LogP contribution in [0.4, 0.5) is 0 Å². The van der Waals surface area contributed by atoms with Crippen molar-refractivity contribution < 1.29 is 4.74 Å². The first kappa shape index (κ1) is 9.36. The summed E-state index contributed by atoms with van der Waals surface area (Å²) in [6, 6.07) is 4.16. The molecule has 0 saturated heterocycles. The van der Waals surface area contributed by atoms with Gasteiger partial charge in [-0.3, -0.25) is 4.79 Å². The third-order valence-electron chi connectivity index (χ3n) is 1.33. The highest BCUT2D eigenvalue weighted by Crippen LogP contribution is 2.22. The molecular formula is C8H6Cl2O2. The largest absolute Gasteiger partial charge is 0.495 e.